The highest BCUT2D eigenvalue weighted by Crippen LogP contribution is 2.13. The van der Waals surface area contributed by atoms with Crippen LogP contribution in [0.15, 0.2) is 11.5 Å². The topological polar surface area (TPSA) is 60.7 Å². The van der Waals surface area contributed by atoms with Crippen LogP contribution in [0.3, 0.4) is 0 Å². The van der Waals surface area contributed by atoms with E-state index in [0.717, 1.165) is 16.9 Å². The Kier molecular flexibility index (Phi) is 2.07. The lowest BCUT2D eigenvalue weighted by Crippen LogP contribution is -2.01. The Hall–Kier alpha value is -1.30. The molecule has 0 fully saturated rings. The number of aromatic nitrogens is 4. The van der Waals surface area contributed by atoms with Crippen molar-refractivity contribution >= 4 is 22.0 Å². The van der Waals surface area contributed by atoms with Crippen LogP contribution in [0.25, 0.3) is 11.2 Å². The second-order valence-corrected chi connectivity index (χ2v) is 4.35. The Bertz CT molecular complexity index is 519. The number of aryl methyl sites for hydroxylation is 2. The van der Waals surface area contributed by atoms with E-state index in [2.05, 4.69) is 15.0 Å². The second kappa shape index (κ2) is 3.13. The summed E-state index contributed by atoms with van der Waals surface area (Å²) in [6, 6.07) is 0. The van der Waals surface area contributed by atoms with Crippen LogP contribution in [0.1, 0.15) is 5.69 Å². The molecule has 2 aromatic heterocycles. The fourth-order valence-corrected chi connectivity index (χ4v) is 1.73. The van der Waals surface area contributed by atoms with Gasteiger partial charge in [0.2, 0.25) is 5.16 Å². The highest BCUT2D eigenvalue weighted by atomic mass is 32.2. The molecule has 0 amide bonds. The first-order chi connectivity index (χ1) is 6.59. The molecule has 0 bridgehead atoms. The van der Waals surface area contributed by atoms with E-state index in [4.69, 9.17) is 0 Å². The zero-order valence-electron chi connectivity index (χ0n) is 8.18. The number of imidazole rings is 1. The largest absolute Gasteiger partial charge is 0.318 e. The minimum absolute atomic E-state index is 0.360. The standard InChI is InChI=1S/C8H10N4OS/c1-5-6-7(12(2)4-9-6)11-8(10-5)14(3)13/h4H,1-3H3. The van der Waals surface area contributed by atoms with Gasteiger partial charge in [0.05, 0.1) is 22.8 Å². The maximum Gasteiger partial charge on any atom is 0.220 e. The van der Waals surface area contributed by atoms with Crippen molar-refractivity contribution < 1.29 is 4.21 Å². The first-order valence-corrected chi connectivity index (χ1v) is 5.64. The summed E-state index contributed by atoms with van der Waals surface area (Å²) in [6.07, 6.45) is 3.24. The summed E-state index contributed by atoms with van der Waals surface area (Å²) in [7, 11) is 0.700. The Balaban J connectivity index is 2.82. The summed E-state index contributed by atoms with van der Waals surface area (Å²) in [5.41, 5.74) is 2.25. The first kappa shape index (κ1) is 9.26. The number of hydrogen-bond donors (Lipinski definition) is 0. The van der Waals surface area contributed by atoms with E-state index >= 15 is 0 Å². The summed E-state index contributed by atoms with van der Waals surface area (Å²) >= 11 is 0. The fraction of sp³-hybridized carbons (Fsp3) is 0.375. The molecule has 0 spiro atoms. The van der Waals surface area contributed by atoms with Crippen LogP contribution in [-0.4, -0.2) is 30.0 Å². The van der Waals surface area contributed by atoms with E-state index in [1.54, 1.807) is 17.2 Å². The molecule has 14 heavy (non-hydrogen) atoms. The van der Waals surface area contributed by atoms with Crippen molar-refractivity contribution in [2.24, 2.45) is 7.05 Å². The Morgan fingerprint density at radius 3 is 2.79 bits per heavy atom. The maximum atomic E-state index is 11.2. The normalized spacial score (nSPS) is 13.4. The van der Waals surface area contributed by atoms with E-state index in [1.807, 2.05) is 14.0 Å². The quantitative estimate of drug-likeness (QED) is 0.640. The molecule has 6 heteroatoms. The molecule has 0 aromatic carbocycles. The van der Waals surface area contributed by atoms with Gasteiger partial charge in [-0.25, -0.2) is 15.0 Å². The van der Waals surface area contributed by atoms with Gasteiger partial charge in [-0.2, -0.15) is 0 Å². The number of rotatable bonds is 1. The lowest BCUT2D eigenvalue weighted by Gasteiger charge is -1.99. The summed E-state index contributed by atoms with van der Waals surface area (Å²) in [4.78, 5) is 12.5. The number of hydrogen-bond acceptors (Lipinski definition) is 4. The monoisotopic (exact) mass is 210 g/mol. The molecular formula is C8H10N4OS. The second-order valence-electron chi connectivity index (χ2n) is 3.07. The van der Waals surface area contributed by atoms with Gasteiger partial charge in [-0.05, 0) is 6.92 Å². The van der Waals surface area contributed by atoms with E-state index in [9.17, 15) is 4.21 Å². The molecule has 0 aliphatic heterocycles. The van der Waals surface area contributed by atoms with Crippen LogP contribution < -0.4 is 0 Å². The van der Waals surface area contributed by atoms with Gasteiger partial charge in [-0.1, -0.05) is 0 Å². The molecule has 2 aromatic rings. The van der Waals surface area contributed by atoms with Crippen LogP contribution in [-0.2, 0) is 17.8 Å². The van der Waals surface area contributed by atoms with E-state index in [0.29, 0.717) is 5.16 Å². The molecule has 0 N–H and O–H groups in total. The van der Waals surface area contributed by atoms with Crippen molar-refractivity contribution in [1.82, 2.24) is 19.5 Å². The van der Waals surface area contributed by atoms with Crippen molar-refractivity contribution in [3.63, 3.8) is 0 Å². The summed E-state index contributed by atoms with van der Waals surface area (Å²) in [5.74, 6) is 0. The predicted octanol–water partition coefficient (Wildman–Crippen LogP) is 0.409. The van der Waals surface area contributed by atoms with Crippen LogP contribution in [0.5, 0.6) is 0 Å². The van der Waals surface area contributed by atoms with Gasteiger partial charge in [0.15, 0.2) is 5.65 Å². The Labute approximate surface area is 83.7 Å². The molecule has 0 aliphatic rings. The first-order valence-electron chi connectivity index (χ1n) is 4.08. The molecule has 0 saturated heterocycles. The highest BCUT2D eigenvalue weighted by molar-refractivity contribution is 7.84. The molecule has 74 valence electrons. The smallest absolute Gasteiger partial charge is 0.220 e. The summed E-state index contributed by atoms with van der Waals surface area (Å²) in [6.45, 7) is 1.84. The summed E-state index contributed by atoms with van der Waals surface area (Å²) < 4.78 is 13.0. The molecule has 2 heterocycles. The number of fused-ring (bicyclic) bond motifs is 1. The van der Waals surface area contributed by atoms with Crippen LogP contribution in [0, 0.1) is 6.92 Å². The highest BCUT2D eigenvalue weighted by Gasteiger charge is 2.10. The van der Waals surface area contributed by atoms with Crippen LogP contribution in [0.2, 0.25) is 0 Å². The molecular weight excluding hydrogens is 200 g/mol. The summed E-state index contributed by atoms with van der Waals surface area (Å²) in [5, 5.41) is 0.360. The van der Waals surface area contributed by atoms with Gasteiger partial charge >= 0.3 is 0 Å². The minimum atomic E-state index is -1.15. The molecule has 2 rings (SSSR count). The van der Waals surface area contributed by atoms with Gasteiger partial charge in [0, 0.05) is 13.3 Å². The number of nitrogens with zero attached hydrogens (tertiary/aromatic N) is 4. The van der Waals surface area contributed by atoms with E-state index in [1.165, 1.54) is 0 Å². The molecule has 1 atom stereocenters. The Morgan fingerprint density at radius 2 is 2.14 bits per heavy atom. The van der Waals surface area contributed by atoms with Crippen molar-refractivity contribution in [2.75, 3.05) is 6.26 Å². The zero-order chi connectivity index (χ0) is 10.3. The van der Waals surface area contributed by atoms with Gasteiger partial charge < -0.3 is 4.57 Å². The van der Waals surface area contributed by atoms with Gasteiger partial charge in [-0.15, -0.1) is 0 Å². The molecule has 0 saturated carbocycles. The third-order valence-electron chi connectivity index (χ3n) is 1.97. The van der Waals surface area contributed by atoms with Crippen LogP contribution >= 0.6 is 0 Å². The van der Waals surface area contributed by atoms with Gasteiger partial charge in [0.25, 0.3) is 0 Å². The molecule has 5 nitrogen and oxygen atoms in total. The lowest BCUT2D eigenvalue weighted by molar-refractivity contribution is 0.679. The van der Waals surface area contributed by atoms with Crippen LogP contribution in [0.4, 0.5) is 0 Å². The fourth-order valence-electron chi connectivity index (χ4n) is 1.25. The zero-order valence-corrected chi connectivity index (χ0v) is 9.00. The average molecular weight is 210 g/mol. The van der Waals surface area contributed by atoms with Gasteiger partial charge in [-0.3, -0.25) is 4.21 Å². The average Bonchev–Trinajstić information content (AvgIpc) is 2.48. The van der Waals surface area contributed by atoms with Crippen molar-refractivity contribution in [2.45, 2.75) is 12.1 Å². The molecule has 1 unspecified atom stereocenters. The minimum Gasteiger partial charge on any atom is -0.318 e. The van der Waals surface area contributed by atoms with Crippen molar-refractivity contribution in [3.05, 3.63) is 12.0 Å². The van der Waals surface area contributed by atoms with Crippen molar-refractivity contribution in [1.29, 1.82) is 0 Å². The molecule has 0 radical (unpaired) electrons. The third-order valence-corrected chi connectivity index (χ3v) is 2.67. The van der Waals surface area contributed by atoms with E-state index in [-0.39, 0.29) is 0 Å². The van der Waals surface area contributed by atoms with Crippen molar-refractivity contribution in [3.8, 4) is 0 Å². The van der Waals surface area contributed by atoms with E-state index < -0.39 is 10.8 Å². The molecule has 0 aliphatic carbocycles. The lowest BCUT2D eigenvalue weighted by atomic mass is 10.4. The maximum absolute atomic E-state index is 11.2. The SMILES string of the molecule is Cc1nc(S(C)=O)nc2c1ncn2C. The predicted molar refractivity (Wildman–Crippen MR) is 53.4 cm³/mol. The third kappa shape index (κ3) is 1.31. The van der Waals surface area contributed by atoms with Gasteiger partial charge in [0.1, 0.15) is 5.52 Å². The Morgan fingerprint density at radius 1 is 1.43 bits per heavy atom.